The molecule has 0 aliphatic carbocycles. The molecule has 4 nitrogen and oxygen atoms in total. The van der Waals surface area contributed by atoms with E-state index in [4.69, 9.17) is 9.47 Å². The minimum absolute atomic E-state index is 0.0981. The first kappa shape index (κ1) is 13.8. The molecular formula is C12H16BrNO3. The Balaban J connectivity index is 2.91. The summed E-state index contributed by atoms with van der Waals surface area (Å²) in [4.78, 5) is 11.5. The van der Waals surface area contributed by atoms with Crippen LogP contribution in [0.25, 0.3) is 0 Å². The minimum atomic E-state index is -0.210. The largest absolute Gasteiger partial charge is 0.497 e. The van der Waals surface area contributed by atoms with Gasteiger partial charge in [-0.05, 0) is 18.6 Å². The van der Waals surface area contributed by atoms with Crippen molar-refractivity contribution >= 4 is 27.5 Å². The molecule has 0 unspecified atom stereocenters. The van der Waals surface area contributed by atoms with E-state index in [2.05, 4.69) is 21.2 Å². The van der Waals surface area contributed by atoms with Crippen molar-refractivity contribution in [1.29, 1.82) is 0 Å². The maximum Gasteiger partial charge on any atom is 0.238 e. The first-order chi connectivity index (χ1) is 8.12. The van der Waals surface area contributed by atoms with Crippen LogP contribution in [0.1, 0.15) is 13.3 Å². The monoisotopic (exact) mass is 301 g/mol. The highest BCUT2D eigenvalue weighted by atomic mass is 79.9. The number of hydrogen-bond acceptors (Lipinski definition) is 3. The third kappa shape index (κ3) is 3.63. The summed E-state index contributed by atoms with van der Waals surface area (Å²) >= 11 is 3.30. The van der Waals surface area contributed by atoms with Gasteiger partial charge in [-0.3, -0.25) is 4.79 Å². The molecule has 1 N–H and O–H groups in total. The number of halogens is 1. The van der Waals surface area contributed by atoms with E-state index in [9.17, 15) is 4.79 Å². The Morgan fingerprint density at radius 2 is 2.12 bits per heavy atom. The lowest BCUT2D eigenvalue weighted by Crippen LogP contribution is -2.22. The van der Waals surface area contributed by atoms with Gasteiger partial charge in [-0.15, -0.1) is 0 Å². The maximum absolute atomic E-state index is 11.8. The van der Waals surface area contributed by atoms with Crippen molar-refractivity contribution in [1.82, 2.24) is 0 Å². The highest BCUT2D eigenvalue weighted by Gasteiger charge is 2.15. The number of rotatable bonds is 5. The Morgan fingerprint density at radius 3 is 2.65 bits per heavy atom. The summed E-state index contributed by atoms with van der Waals surface area (Å²) in [7, 11) is 3.13. The zero-order chi connectivity index (χ0) is 12.8. The maximum atomic E-state index is 11.8. The molecule has 0 saturated heterocycles. The molecule has 0 fully saturated rings. The Bertz CT molecular complexity index is 395. The molecule has 0 aliphatic heterocycles. The molecule has 1 aromatic carbocycles. The van der Waals surface area contributed by atoms with Crippen LogP contribution in [0.15, 0.2) is 18.2 Å². The number of amides is 1. The Hall–Kier alpha value is -1.23. The van der Waals surface area contributed by atoms with Gasteiger partial charge in [-0.2, -0.15) is 0 Å². The van der Waals surface area contributed by atoms with Crippen LogP contribution in [0, 0.1) is 0 Å². The van der Waals surface area contributed by atoms with Gasteiger partial charge in [-0.25, -0.2) is 0 Å². The number of hydrogen-bond donors (Lipinski definition) is 1. The molecule has 0 spiro atoms. The lowest BCUT2D eigenvalue weighted by Gasteiger charge is -2.13. The van der Waals surface area contributed by atoms with Crippen LogP contribution in [0.2, 0.25) is 0 Å². The van der Waals surface area contributed by atoms with Gasteiger partial charge in [0.1, 0.15) is 11.5 Å². The molecule has 1 aromatic rings. The molecule has 0 radical (unpaired) electrons. The molecule has 1 rings (SSSR count). The third-order valence-electron chi connectivity index (χ3n) is 2.31. The van der Waals surface area contributed by atoms with E-state index in [0.717, 1.165) is 6.42 Å². The third-order valence-corrected chi connectivity index (χ3v) is 3.37. The van der Waals surface area contributed by atoms with Crippen LogP contribution in [-0.2, 0) is 4.79 Å². The number of anilines is 1. The van der Waals surface area contributed by atoms with E-state index in [1.54, 1.807) is 32.4 Å². The van der Waals surface area contributed by atoms with Crippen LogP contribution in [0.4, 0.5) is 5.69 Å². The van der Waals surface area contributed by atoms with Gasteiger partial charge in [0.25, 0.3) is 0 Å². The van der Waals surface area contributed by atoms with Gasteiger partial charge < -0.3 is 14.8 Å². The molecule has 1 amide bonds. The average molecular weight is 302 g/mol. The van der Waals surface area contributed by atoms with E-state index in [-0.39, 0.29) is 10.7 Å². The normalized spacial score (nSPS) is 11.8. The Morgan fingerprint density at radius 1 is 1.41 bits per heavy atom. The van der Waals surface area contributed by atoms with Crippen molar-refractivity contribution in [3.63, 3.8) is 0 Å². The number of nitrogens with one attached hydrogen (secondary N) is 1. The topological polar surface area (TPSA) is 47.6 Å². The fourth-order valence-corrected chi connectivity index (χ4v) is 1.42. The van der Waals surface area contributed by atoms with Crippen LogP contribution >= 0.6 is 15.9 Å². The van der Waals surface area contributed by atoms with Crippen molar-refractivity contribution in [2.75, 3.05) is 19.5 Å². The second-order valence-electron chi connectivity index (χ2n) is 3.43. The van der Waals surface area contributed by atoms with Gasteiger partial charge in [0.05, 0.1) is 24.7 Å². The molecule has 94 valence electrons. The van der Waals surface area contributed by atoms with Crippen LogP contribution in [0.3, 0.4) is 0 Å². The standard InChI is InChI=1S/C12H16BrNO3/c1-4-9(13)12(15)14-10-7-8(16-2)5-6-11(10)17-3/h5-7,9H,4H2,1-3H3,(H,14,15)/t9-/m1/s1. The number of carbonyl (C=O) groups excluding carboxylic acids is 1. The zero-order valence-electron chi connectivity index (χ0n) is 10.1. The molecule has 0 bridgehead atoms. The van der Waals surface area contributed by atoms with Crippen LogP contribution < -0.4 is 14.8 Å². The summed E-state index contributed by atoms with van der Waals surface area (Å²) in [5.41, 5.74) is 0.606. The summed E-state index contributed by atoms with van der Waals surface area (Å²) in [6.45, 7) is 1.93. The number of benzene rings is 1. The highest BCUT2D eigenvalue weighted by molar-refractivity contribution is 9.10. The van der Waals surface area contributed by atoms with Crippen molar-refractivity contribution in [3.8, 4) is 11.5 Å². The smallest absolute Gasteiger partial charge is 0.238 e. The molecule has 17 heavy (non-hydrogen) atoms. The van der Waals surface area contributed by atoms with Crippen LogP contribution in [-0.4, -0.2) is 25.0 Å². The first-order valence-corrected chi connectivity index (χ1v) is 6.20. The Labute approximate surface area is 109 Å². The molecule has 1 atom stereocenters. The lowest BCUT2D eigenvalue weighted by molar-refractivity contribution is -0.115. The van der Waals surface area contributed by atoms with Gasteiger partial charge in [0.2, 0.25) is 5.91 Å². The van der Waals surface area contributed by atoms with Crippen molar-refractivity contribution in [2.24, 2.45) is 0 Å². The van der Waals surface area contributed by atoms with Crippen molar-refractivity contribution < 1.29 is 14.3 Å². The average Bonchev–Trinajstić information content (AvgIpc) is 2.37. The fourth-order valence-electron chi connectivity index (χ4n) is 1.31. The SMILES string of the molecule is CC[C@@H](Br)C(=O)Nc1cc(OC)ccc1OC. The predicted octanol–water partition coefficient (Wildman–Crippen LogP) is 2.82. The quantitative estimate of drug-likeness (QED) is 0.851. The molecule has 0 aromatic heterocycles. The first-order valence-electron chi connectivity index (χ1n) is 5.29. The lowest BCUT2D eigenvalue weighted by atomic mass is 10.2. The molecular weight excluding hydrogens is 286 g/mol. The summed E-state index contributed by atoms with van der Waals surface area (Å²) in [5, 5.41) is 2.80. The molecule has 5 heteroatoms. The van der Waals surface area contributed by atoms with Gasteiger partial charge in [-0.1, -0.05) is 22.9 Å². The minimum Gasteiger partial charge on any atom is -0.497 e. The molecule has 0 aliphatic rings. The highest BCUT2D eigenvalue weighted by Crippen LogP contribution is 2.29. The van der Waals surface area contributed by atoms with E-state index < -0.39 is 0 Å². The van der Waals surface area contributed by atoms with Crippen molar-refractivity contribution in [2.45, 2.75) is 18.2 Å². The molecule has 0 heterocycles. The second-order valence-corrected chi connectivity index (χ2v) is 4.54. The van der Waals surface area contributed by atoms with E-state index in [1.807, 2.05) is 6.92 Å². The number of alkyl halides is 1. The van der Waals surface area contributed by atoms with Gasteiger partial charge >= 0.3 is 0 Å². The summed E-state index contributed by atoms with van der Waals surface area (Å²) in [6, 6.07) is 5.26. The fraction of sp³-hybridized carbons (Fsp3) is 0.417. The van der Waals surface area contributed by atoms with Crippen LogP contribution in [0.5, 0.6) is 11.5 Å². The zero-order valence-corrected chi connectivity index (χ0v) is 11.7. The summed E-state index contributed by atoms with van der Waals surface area (Å²) in [6.07, 6.45) is 0.720. The molecule has 0 saturated carbocycles. The summed E-state index contributed by atoms with van der Waals surface area (Å²) < 4.78 is 10.3. The summed E-state index contributed by atoms with van der Waals surface area (Å²) in [5.74, 6) is 1.18. The van der Waals surface area contributed by atoms with E-state index in [1.165, 1.54) is 0 Å². The predicted molar refractivity (Wildman–Crippen MR) is 71.2 cm³/mol. The van der Waals surface area contributed by atoms with Crippen molar-refractivity contribution in [3.05, 3.63) is 18.2 Å². The van der Waals surface area contributed by atoms with Gasteiger partial charge in [0.15, 0.2) is 0 Å². The number of carbonyl (C=O) groups is 1. The van der Waals surface area contributed by atoms with E-state index >= 15 is 0 Å². The van der Waals surface area contributed by atoms with Gasteiger partial charge in [0, 0.05) is 6.07 Å². The number of methoxy groups -OCH3 is 2. The Kier molecular flexibility index (Phi) is 5.28. The van der Waals surface area contributed by atoms with E-state index in [0.29, 0.717) is 17.2 Å². The second kappa shape index (κ2) is 6.49. The number of ether oxygens (including phenoxy) is 2.